The van der Waals surface area contributed by atoms with E-state index in [9.17, 15) is 0 Å². The van der Waals surface area contributed by atoms with Gasteiger partial charge in [-0.15, -0.1) is 0 Å². The van der Waals surface area contributed by atoms with Crippen LogP contribution < -0.4 is 0 Å². The molecule has 0 aliphatic rings. The first-order valence-corrected chi connectivity index (χ1v) is 22.1. The van der Waals surface area contributed by atoms with E-state index < -0.39 is 0 Å². The number of hydrogen-bond donors (Lipinski definition) is 0. The van der Waals surface area contributed by atoms with Gasteiger partial charge >= 0.3 is 0 Å². The number of furan rings is 1. The van der Waals surface area contributed by atoms with Gasteiger partial charge < -0.3 is 4.42 Å². The molecule has 14 aromatic rings. The van der Waals surface area contributed by atoms with Crippen LogP contribution in [0.5, 0.6) is 0 Å². The second kappa shape index (κ2) is 13.9. The van der Waals surface area contributed by atoms with Gasteiger partial charge in [0.05, 0.1) is 0 Å². The molecule has 0 aliphatic heterocycles. The Balaban J connectivity index is 0.946. The van der Waals surface area contributed by atoms with Crippen molar-refractivity contribution in [2.24, 2.45) is 0 Å². The third-order valence-corrected chi connectivity index (χ3v) is 13.4. The third-order valence-electron chi connectivity index (χ3n) is 13.4. The largest absolute Gasteiger partial charge is 0.456 e. The normalized spacial score (nSPS) is 12.0. The fraction of sp³-hybridized carbons (Fsp3) is 0. The van der Waals surface area contributed by atoms with E-state index in [-0.39, 0.29) is 0 Å². The van der Waals surface area contributed by atoms with Gasteiger partial charge in [0.2, 0.25) is 0 Å². The van der Waals surface area contributed by atoms with Crippen molar-refractivity contribution in [2.45, 2.75) is 0 Å². The van der Waals surface area contributed by atoms with Gasteiger partial charge in [-0.25, -0.2) is 15.0 Å². The first-order chi connectivity index (χ1) is 32.2. The molecular formula is C61H35N3O. The Kier molecular flexibility index (Phi) is 7.65. The van der Waals surface area contributed by atoms with E-state index in [1.807, 2.05) is 60.7 Å². The van der Waals surface area contributed by atoms with E-state index in [0.717, 1.165) is 49.8 Å². The van der Waals surface area contributed by atoms with Gasteiger partial charge in [0.25, 0.3) is 0 Å². The molecule has 4 nitrogen and oxygen atoms in total. The lowest BCUT2D eigenvalue weighted by atomic mass is 9.85. The van der Waals surface area contributed by atoms with Crippen molar-refractivity contribution < 1.29 is 4.42 Å². The van der Waals surface area contributed by atoms with E-state index in [2.05, 4.69) is 152 Å². The Hall–Kier alpha value is -8.73. The first kappa shape index (κ1) is 35.8. The Labute approximate surface area is 373 Å². The minimum Gasteiger partial charge on any atom is -0.456 e. The third kappa shape index (κ3) is 5.47. The van der Waals surface area contributed by atoms with Crippen molar-refractivity contribution in [2.75, 3.05) is 0 Å². The summed E-state index contributed by atoms with van der Waals surface area (Å²) in [5.74, 6) is 1.82. The predicted octanol–water partition coefficient (Wildman–Crippen LogP) is 16.5. The average Bonchev–Trinajstić information content (AvgIpc) is 3.76. The van der Waals surface area contributed by atoms with Crippen LogP contribution in [0.3, 0.4) is 0 Å². The van der Waals surface area contributed by atoms with Gasteiger partial charge in [-0.3, -0.25) is 0 Å². The minimum absolute atomic E-state index is 0.600. The highest BCUT2D eigenvalue weighted by atomic mass is 16.3. The molecule has 0 bridgehead atoms. The van der Waals surface area contributed by atoms with Crippen molar-refractivity contribution in [3.05, 3.63) is 212 Å². The molecule has 300 valence electrons. The first-order valence-electron chi connectivity index (χ1n) is 22.1. The summed E-state index contributed by atoms with van der Waals surface area (Å²) in [7, 11) is 0. The van der Waals surface area contributed by atoms with Crippen LogP contribution in [-0.2, 0) is 0 Å². The molecule has 4 heteroatoms. The van der Waals surface area contributed by atoms with Gasteiger partial charge in [-0.2, -0.15) is 0 Å². The molecule has 0 radical (unpaired) electrons. The number of hydrogen-bond acceptors (Lipinski definition) is 4. The van der Waals surface area contributed by atoms with Crippen LogP contribution in [0, 0.1) is 0 Å². The summed E-state index contributed by atoms with van der Waals surface area (Å²) in [4.78, 5) is 15.3. The molecule has 0 unspecified atom stereocenters. The number of aromatic nitrogens is 3. The molecule has 2 aromatic heterocycles. The predicted molar refractivity (Wildman–Crippen MR) is 271 cm³/mol. The van der Waals surface area contributed by atoms with Crippen molar-refractivity contribution >= 4 is 86.6 Å². The summed E-state index contributed by atoms with van der Waals surface area (Å²) >= 11 is 0. The maximum atomic E-state index is 6.27. The van der Waals surface area contributed by atoms with Crippen molar-refractivity contribution in [3.8, 4) is 56.4 Å². The highest BCUT2D eigenvalue weighted by molar-refractivity contribution is 6.37. The molecule has 0 saturated carbocycles. The molecule has 0 amide bonds. The summed E-state index contributed by atoms with van der Waals surface area (Å²) in [6.45, 7) is 0. The maximum Gasteiger partial charge on any atom is 0.164 e. The van der Waals surface area contributed by atoms with Crippen LogP contribution in [0.2, 0.25) is 0 Å². The molecule has 0 atom stereocenters. The minimum atomic E-state index is 0.600. The molecule has 0 aliphatic carbocycles. The second-order valence-corrected chi connectivity index (χ2v) is 17.0. The summed E-state index contributed by atoms with van der Waals surface area (Å²) in [5, 5.41) is 17.3. The van der Waals surface area contributed by atoms with Gasteiger partial charge in [0, 0.05) is 27.5 Å². The number of para-hydroxylation sites is 1. The van der Waals surface area contributed by atoms with Gasteiger partial charge in [-0.05, 0) is 111 Å². The fourth-order valence-electron chi connectivity index (χ4n) is 10.5. The maximum absolute atomic E-state index is 6.27. The van der Waals surface area contributed by atoms with E-state index in [1.54, 1.807) is 0 Å². The van der Waals surface area contributed by atoms with E-state index in [1.165, 1.54) is 75.8 Å². The Morgan fingerprint density at radius 1 is 0.246 bits per heavy atom. The average molecular weight is 826 g/mol. The second-order valence-electron chi connectivity index (χ2n) is 17.0. The molecule has 14 rings (SSSR count). The fourth-order valence-corrected chi connectivity index (χ4v) is 10.5. The van der Waals surface area contributed by atoms with Crippen LogP contribution in [0.4, 0.5) is 0 Å². The zero-order valence-corrected chi connectivity index (χ0v) is 35.0. The molecule has 65 heavy (non-hydrogen) atoms. The van der Waals surface area contributed by atoms with Crippen LogP contribution in [0.1, 0.15) is 0 Å². The zero-order valence-electron chi connectivity index (χ0n) is 35.0. The molecule has 0 fully saturated rings. The van der Waals surface area contributed by atoms with E-state index in [4.69, 9.17) is 19.4 Å². The van der Waals surface area contributed by atoms with E-state index >= 15 is 0 Å². The van der Waals surface area contributed by atoms with Gasteiger partial charge in [0.15, 0.2) is 17.5 Å². The van der Waals surface area contributed by atoms with Crippen LogP contribution in [0.15, 0.2) is 217 Å². The topological polar surface area (TPSA) is 51.8 Å². The van der Waals surface area contributed by atoms with Crippen LogP contribution in [0.25, 0.3) is 143 Å². The lowest BCUT2D eigenvalue weighted by Gasteiger charge is -2.18. The van der Waals surface area contributed by atoms with Gasteiger partial charge in [-0.1, -0.05) is 188 Å². The molecular weight excluding hydrogens is 791 g/mol. The van der Waals surface area contributed by atoms with Crippen molar-refractivity contribution in [1.82, 2.24) is 15.0 Å². The smallest absolute Gasteiger partial charge is 0.164 e. The number of nitrogens with zero attached hydrogens (tertiary/aromatic N) is 3. The summed E-state index contributed by atoms with van der Waals surface area (Å²) in [6, 6.07) is 76.1. The quantitative estimate of drug-likeness (QED) is 0.162. The number of fused-ring (bicyclic) bond motifs is 5. The Morgan fingerprint density at radius 2 is 0.708 bits per heavy atom. The zero-order chi connectivity index (χ0) is 42.6. The standard InChI is InChI=1S/C61H35N3O/c1-2-12-40(13-3-1)59-62-60(64-61(63-59)50-23-11-25-53-58(50)49-19-6-7-24-52(49)65-53)41-31-26-36(27-32-41)44-17-4-5-18-45(44)43-34-42-33-30-39-15-9-21-47-46-20-8-14-37-28-29-38-16-10-22-48(56(38)54(37)46)51(35-43)57(42)55(39)47/h1-35H. The summed E-state index contributed by atoms with van der Waals surface area (Å²) < 4.78 is 6.27. The highest BCUT2D eigenvalue weighted by Gasteiger charge is 2.20. The molecule has 12 aromatic carbocycles. The molecule has 2 heterocycles. The summed E-state index contributed by atoms with van der Waals surface area (Å²) in [6.07, 6.45) is 0. The van der Waals surface area contributed by atoms with Gasteiger partial charge in [0.1, 0.15) is 11.2 Å². The van der Waals surface area contributed by atoms with Crippen LogP contribution in [-0.4, -0.2) is 15.0 Å². The lowest BCUT2D eigenvalue weighted by Crippen LogP contribution is -2.00. The monoisotopic (exact) mass is 825 g/mol. The number of benzene rings is 11. The highest BCUT2D eigenvalue weighted by Crippen LogP contribution is 2.46. The Bertz CT molecular complexity index is 4220. The molecule has 0 saturated heterocycles. The lowest BCUT2D eigenvalue weighted by molar-refractivity contribution is 0.669. The SMILES string of the molecule is c1ccc(-c2nc(-c3ccc(-c4ccccc4-c4cc5ccc6cccc7c8cccc9ccc%10cccc(c(c4)c5c67)c%10c98)cc3)nc(-c3cccc4oc5ccccc5c34)n2)cc1. The van der Waals surface area contributed by atoms with Crippen LogP contribution >= 0.6 is 0 Å². The molecule has 0 spiro atoms. The summed E-state index contributed by atoms with van der Waals surface area (Å²) in [5.41, 5.74) is 8.99. The Morgan fingerprint density at radius 3 is 1.38 bits per heavy atom. The number of rotatable bonds is 5. The van der Waals surface area contributed by atoms with Crippen molar-refractivity contribution in [3.63, 3.8) is 0 Å². The molecule has 0 N–H and O–H groups in total. The van der Waals surface area contributed by atoms with E-state index in [0.29, 0.717) is 17.5 Å². The van der Waals surface area contributed by atoms with Crippen molar-refractivity contribution in [1.29, 1.82) is 0 Å².